The summed E-state index contributed by atoms with van der Waals surface area (Å²) in [7, 11) is 0. The van der Waals surface area contributed by atoms with Crippen molar-refractivity contribution in [2.45, 2.75) is 0 Å². The standard InChI is InChI=1S/C43H26N2O2S/c1-3-9-28(10-4-1)43-44-37-25-35-34-23-29(17-21-38(34)46-39(35)26-40(37)47-43)27-15-18-31(19-16-27)45(30-11-5-2-6-12-30)32-20-22-42-36(24-32)33-13-7-8-14-41(33)48-42/h1-26H. The first-order chi connectivity index (χ1) is 23.7. The molecule has 0 amide bonds. The zero-order valence-corrected chi connectivity index (χ0v) is 26.4. The van der Waals surface area contributed by atoms with E-state index >= 15 is 0 Å². The summed E-state index contributed by atoms with van der Waals surface area (Å²) in [4.78, 5) is 7.12. The molecule has 226 valence electrons. The number of fused-ring (bicyclic) bond motifs is 7. The number of furan rings is 1. The van der Waals surface area contributed by atoms with Gasteiger partial charge in [-0.05, 0) is 90.0 Å². The maximum Gasteiger partial charge on any atom is 0.227 e. The Bertz CT molecular complexity index is 2780. The molecule has 0 saturated carbocycles. The quantitative estimate of drug-likeness (QED) is 0.189. The number of hydrogen-bond acceptors (Lipinski definition) is 5. The van der Waals surface area contributed by atoms with Gasteiger partial charge < -0.3 is 13.7 Å². The molecule has 0 N–H and O–H groups in total. The number of hydrogen-bond donors (Lipinski definition) is 0. The Labute approximate surface area is 279 Å². The lowest BCUT2D eigenvalue weighted by Gasteiger charge is -2.25. The Balaban J connectivity index is 1.04. The summed E-state index contributed by atoms with van der Waals surface area (Å²) in [5.74, 6) is 0.608. The molecule has 0 spiro atoms. The van der Waals surface area contributed by atoms with Crippen molar-refractivity contribution in [2.24, 2.45) is 0 Å². The number of nitrogens with zero attached hydrogens (tertiary/aromatic N) is 2. The second-order valence-corrected chi connectivity index (χ2v) is 13.1. The highest BCUT2D eigenvalue weighted by atomic mass is 32.1. The van der Waals surface area contributed by atoms with Gasteiger partial charge in [0, 0.05) is 59.6 Å². The Hall–Kier alpha value is -6.17. The largest absolute Gasteiger partial charge is 0.456 e. The van der Waals surface area contributed by atoms with Gasteiger partial charge in [-0.15, -0.1) is 11.3 Å². The van der Waals surface area contributed by atoms with E-state index in [2.05, 4.69) is 126 Å². The number of para-hydroxylation sites is 1. The molecule has 0 fully saturated rings. The first kappa shape index (κ1) is 27.0. The van der Waals surface area contributed by atoms with E-state index in [-0.39, 0.29) is 0 Å². The minimum atomic E-state index is 0.608. The fourth-order valence-corrected chi connectivity index (χ4v) is 7.85. The summed E-state index contributed by atoms with van der Waals surface area (Å²) < 4.78 is 15.0. The lowest BCUT2D eigenvalue weighted by molar-refractivity contribution is 0.617. The predicted octanol–water partition coefficient (Wildman–Crippen LogP) is 12.9. The van der Waals surface area contributed by atoms with Crippen LogP contribution < -0.4 is 4.90 Å². The molecule has 0 unspecified atom stereocenters. The highest BCUT2D eigenvalue weighted by molar-refractivity contribution is 7.25. The van der Waals surface area contributed by atoms with Crippen LogP contribution in [-0.4, -0.2) is 4.98 Å². The zero-order chi connectivity index (χ0) is 31.6. The molecule has 0 aliphatic rings. The van der Waals surface area contributed by atoms with E-state index in [4.69, 9.17) is 13.8 Å². The fourth-order valence-electron chi connectivity index (χ4n) is 6.76. The lowest BCUT2D eigenvalue weighted by Crippen LogP contribution is -2.09. The van der Waals surface area contributed by atoms with Crippen LogP contribution in [0.1, 0.15) is 0 Å². The van der Waals surface area contributed by atoms with Gasteiger partial charge in [0.15, 0.2) is 5.58 Å². The number of benzene rings is 7. The number of thiophene rings is 1. The van der Waals surface area contributed by atoms with Crippen LogP contribution in [0, 0.1) is 0 Å². The molecule has 0 atom stereocenters. The van der Waals surface area contributed by atoms with Gasteiger partial charge in [0.25, 0.3) is 0 Å². The number of rotatable bonds is 5. The average molecular weight is 635 g/mol. The van der Waals surface area contributed by atoms with Crippen molar-refractivity contribution in [2.75, 3.05) is 4.90 Å². The van der Waals surface area contributed by atoms with E-state index in [9.17, 15) is 0 Å². The van der Waals surface area contributed by atoms with Gasteiger partial charge >= 0.3 is 0 Å². The Morgan fingerprint density at radius 1 is 0.417 bits per heavy atom. The van der Waals surface area contributed by atoms with Gasteiger partial charge in [0.2, 0.25) is 5.89 Å². The van der Waals surface area contributed by atoms with Crippen LogP contribution in [0.15, 0.2) is 167 Å². The minimum Gasteiger partial charge on any atom is -0.456 e. The normalized spacial score (nSPS) is 11.8. The molecule has 5 heteroatoms. The molecule has 0 radical (unpaired) electrons. The van der Waals surface area contributed by atoms with E-state index in [1.54, 1.807) is 0 Å². The Morgan fingerprint density at radius 2 is 1.10 bits per heavy atom. The molecule has 7 aromatic carbocycles. The van der Waals surface area contributed by atoms with Crippen molar-refractivity contribution in [3.63, 3.8) is 0 Å². The third-order valence-corrected chi connectivity index (χ3v) is 10.2. The summed E-state index contributed by atoms with van der Waals surface area (Å²) in [5.41, 5.74) is 9.71. The van der Waals surface area contributed by atoms with Crippen LogP contribution in [0.3, 0.4) is 0 Å². The number of anilines is 3. The average Bonchev–Trinajstić information content (AvgIpc) is 3.84. The van der Waals surface area contributed by atoms with E-state index in [1.165, 1.54) is 20.2 Å². The summed E-state index contributed by atoms with van der Waals surface area (Å²) >= 11 is 1.84. The van der Waals surface area contributed by atoms with E-state index in [0.717, 1.165) is 61.2 Å². The highest BCUT2D eigenvalue weighted by Crippen LogP contribution is 2.41. The predicted molar refractivity (Wildman–Crippen MR) is 200 cm³/mol. The lowest BCUT2D eigenvalue weighted by atomic mass is 10.0. The van der Waals surface area contributed by atoms with E-state index in [0.29, 0.717) is 11.5 Å². The molecule has 0 aliphatic carbocycles. The van der Waals surface area contributed by atoms with Crippen LogP contribution in [0.4, 0.5) is 17.1 Å². The van der Waals surface area contributed by atoms with Crippen molar-refractivity contribution in [1.82, 2.24) is 4.98 Å². The van der Waals surface area contributed by atoms with Crippen molar-refractivity contribution in [3.05, 3.63) is 158 Å². The van der Waals surface area contributed by atoms with Gasteiger partial charge in [-0.25, -0.2) is 4.98 Å². The van der Waals surface area contributed by atoms with E-state index < -0.39 is 0 Å². The summed E-state index contributed by atoms with van der Waals surface area (Å²) in [5, 5.41) is 4.66. The number of aromatic nitrogens is 1. The summed E-state index contributed by atoms with van der Waals surface area (Å²) in [6, 6.07) is 55.2. The Morgan fingerprint density at radius 3 is 1.96 bits per heavy atom. The van der Waals surface area contributed by atoms with Crippen LogP contribution in [0.25, 0.3) is 75.8 Å². The monoisotopic (exact) mass is 634 g/mol. The van der Waals surface area contributed by atoms with Gasteiger partial charge in [0.1, 0.15) is 16.7 Å². The van der Waals surface area contributed by atoms with E-state index in [1.807, 2.05) is 47.7 Å². The van der Waals surface area contributed by atoms with Crippen molar-refractivity contribution in [1.29, 1.82) is 0 Å². The van der Waals surface area contributed by atoms with Crippen LogP contribution in [0.2, 0.25) is 0 Å². The van der Waals surface area contributed by atoms with Gasteiger partial charge in [-0.1, -0.05) is 72.8 Å². The van der Waals surface area contributed by atoms with Crippen molar-refractivity contribution < 1.29 is 8.83 Å². The van der Waals surface area contributed by atoms with Gasteiger partial charge in [-0.2, -0.15) is 0 Å². The molecule has 0 bridgehead atoms. The smallest absolute Gasteiger partial charge is 0.227 e. The molecule has 0 aliphatic heterocycles. The van der Waals surface area contributed by atoms with Crippen LogP contribution >= 0.6 is 11.3 Å². The summed E-state index contributed by atoms with van der Waals surface area (Å²) in [6.07, 6.45) is 0. The SMILES string of the molecule is c1ccc(-c2nc3cc4c(cc3o2)oc2ccc(-c3ccc(N(c5ccccc5)c5ccc6sc7ccccc7c6c5)cc3)cc24)cc1. The van der Waals surface area contributed by atoms with Crippen molar-refractivity contribution in [3.8, 4) is 22.6 Å². The molecule has 10 rings (SSSR count). The van der Waals surface area contributed by atoms with Gasteiger partial charge in [0.05, 0.1) is 0 Å². The first-order valence-corrected chi connectivity index (χ1v) is 16.8. The molecule has 10 aromatic rings. The second-order valence-electron chi connectivity index (χ2n) is 12.0. The fraction of sp³-hybridized carbons (Fsp3) is 0. The summed E-state index contributed by atoms with van der Waals surface area (Å²) in [6.45, 7) is 0. The molecular weight excluding hydrogens is 609 g/mol. The molecule has 3 heterocycles. The molecule has 4 nitrogen and oxygen atoms in total. The maximum atomic E-state index is 6.27. The van der Waals surface area contributed by atoms with Gasteiger partial charge in [-0.3, -0.25) is 0 Å². The highest BCUT2D eigenvalue weighted by Gasteiger charge is 2.17. The minimum absolute atomic E-state index is 0.608. The van der Waals surface area contributed by atoms with Crippen molar-refractivity contribution >= 4 is 81.6 Å². The molecule has 0 saturated heterocycles. The molecule has 3 aromatic heterocycles. The Kier molecular flexibility index (Phi) is 6.01. The second kappa shape index (κ2) is 10.7. The first-order valence-electron chi connectivity index (χ1n) is 15.9. The zero-order valence-electron chi connectivity index (χ0n) is 25.6. The van der Waals surface area contributed by atoms with Crippen LogP contribution in [0.5, 0.6) is 0 Å². The topological polar surface area (TPSA) is 42.4 Å². The maximum absolute atomic E-state index is 6.27. The number of oxazole rings is 1. The third kappa shape index (κ3) is 4.40. The third-order valence-electron chi connectivity index (χ3n) is 9.09. The molecule has 48 heavy (non-hydrogen) atoms. The van der Waals surface area contributed by atoms with Crippen LogP contribution in [-0.2, 0) is 0 Å². The molecular formula is C43H26N2O2S.